The average Bonchev–Trinajstić information content (AvgIpc) is 2.43. The highest BCUT2D eigenvalue weighted by Gasteiger charge is 2.46. The minimum atomic E-state index is -0.871. The van der Waals surface area contributed by atoms with Crippen LogP contribution in [-0.2, 0) is 9.59 Å². The summed E-state index contributed by atoms with van der Waals surface area (Å²) in [5, 5.41) is 5.13. The summed E-state index contributed by atoms with van der Waals surface area (Å²) in [6.45, 7) is 5.51. The number of hydrogen-bond donors (Lipinski definition) is 2. The fourth-order valence-electron chi connectivity index (χ4n) is 1.53. The van der Waals surface area contributed by atoms with Crippen LogP contribution < -0.4 is 10.6 Å². The van der Waals surface area contributed by atoms with Crippen LogP contribution in [-0.4, -0.2) is 41.4 Å². The Balaban J connectivity index is 2.72. The molecule has 1 saturated heterocycles. The topological polar surface area (TPSA) is 78.5 Å². The molecular formula is C10H17N3O3. The van der Waals surface area contributed by atoms with E-state index in [0.29, 0.717) is 13.0 Å². The van der Waals surface area contributed by atoms with E-state index in [1.165, 1.54) is 0 Å². The van der Waals surface area contributed by atoms with Gasteiger partial charge in [-0.3, -0.25) is 14.5 Å². The lowest BCUT2D eigenvalue weighted by Gasteiger charge is -2.18. The zero-order valence-corrected chi connectivity index (χ0v) is 9.79. The quantitative estimate of drug-likeness (QED) is 0.655. The summed E-state index contributed by atoms with van der Waals surface area (Å²) in [6.07, 6.45) is 0.503. The lowest BCUT2D eigenvalue weighted by Crippen LogP contribution is -2.44. The molecule has 0 aromatic carbocycles. The molecule has 0 bridgehead atoms. The van der Waals surface area contributed by atoms with Gasteiger partial charge in [0.1, 0.15) is 12.1 Å². The number of carbonyl (C=O) groups is 3. The first-order valence-electron chi connectivity index (χ1n) is 5.35. The van der Waals surface area contributed by atoms with Gasteiger partial charge in [0.25, 0.3) is 5.91 Å². The molecule has 1 fully saturated rings. The normalized spacial score (nSPS) is 24.6. The van der Waals surface area contributed by atoms with Gasteiger partial charge in [0.15, 0.2) is 0 Å². The number of imide groups is 1. The summed E-state index contributed by atoms with van der Waals surface area (Å²) < 4.78 is 0. The maximum Gasteiger partial charge on any atom is 0.325 e. The van der Waals surface area contributed by atoms with Gasteiger partial charge < -0.3 is 10.6 Å². The standard InChI is InChI=1S/C10H17N3O3/c1-4-10(3)8(15)13(9(16)12-10)6-7(14)11-5-2/h4-6H2,1-3H3,(H,11,14)(H,12,16). The second-order valence-corrected chi connectivity index (χ2v) is 3.96. The molecule has 2 N–H and O–H groups in total. The minimum Gasteiger partial charge on any atom is -0.355 e. The maximum atomic E-state index is 11.9. The lowest BCUT2D eigenvalue weighted by atomic mass is 9.99. The van der Waals surface area contributed by atoms with E-state index in [-0.39, 0.29) is 18.4 Å². The number of likely N-dealkylation sites (N-methyl/N-ethyl adjacent to an activating group) is 1. The van der Waals surface area contributed by atoms with E-state index < -0.39 is 11.6 Å². The summed E-state index contributed by atoms with van der Waals surface area (Å²) in [7, 11) is 0. The molecule has 6 heteroatoms. The Kier molecular flexibility index (Phi) is 3.51. The number of hydrogen-bond acceptors (Lipinski definition) is 3. The Morgan fingerprint density at radius 2 is 2.06 bits per heavy atom. The molecule has 1 aliphatic heterocycles. The zero-order chi connectivity index (χ0) is 12.3. The van der Waals surface area contributed by atoms with Crippen LogP contribution in [0.5, 0.6) is 0 Å². The molecule has 0 aromatic heterocycles. The van der Waals surface area contributed by atoms with E-state index in [2.05, 4.69) is 10.6 Å². The predicted octanol–water partition coefficient (Wildman–Crippen LogP) is -0.157. The van der Waals surface area contributed by atoms with Crippen LogP contribution in [0.15, 0.2) is 0 Å². The van der Waals surface area contributed by atoms with Crippen LogP contribution >= 0.6 is 0 Å². The van der Waals surface area contributed by atoms with Gasteiger partial charge >= 0.3 is 6.03 Å². The van der Waals surface area contributed by atoms with Crippen LogP contribution in [0, 0.1) is 0 Å². The van der Waals surface area contributed by atoms with Gasteiger partial charge in [-0.15, -0.1) is 0 Å². The van der Waals surface area contributed by atoms with Crippen LogP contribution in [0.25, 0.3) is 0 Å². The van der Waals surface area contributed by atoms with Gasteiger partial charge in [-0.25, -0.2) is 4.79 Å². The highest BCUT2D eigenvalue weighted by Crippen LogP contribution is 2.20. The van der Waals surface area contributed by atoms with E-state index in [0.717, 1.165) is 4.90 Å². The Bertz CT molecular complexity index is 329. The number of nitrogens with one attached hydrogen (secondary N) is 2. The van der Waals surface area contributed by atoms with Crippen LogP contribution in [0.3, 0.4) is 0 Å². The SMILES string of the molecule is CCNC(=O)CN1C(=O)NC(C)(CC)C1=O. The van der Waals surface area contributed by atoms with Crippen molar-refractivity contribution in [2.24, 2.45) is 0 Å². The zero-order valence-electron chi connectivity index (χ0n) is 9.79. The van der Waals surface area contributed by atoms with Crippen molar-refractivity contribution in [3.8, 4) is 0 Å². The van der Waals surface area contributed by atoms with Crippen molar-refractivity contribution in [2.75, 3.05) is 13.1 Å². The molecule has 1 heterocycles. The molecule has 0 aliphatic carbocycles. The third kappa shape index (κ3) is 2.15. The molecule has 1 aliphatic rings. The van der Waals surface area contributed by atoms with Gasteiger partial charge in [-0.05, 0) is 20.3 Å². The fraction of sp³-hybridized carbons (Fsp3) is 0.700. The van der Waals surface area contributed by atoms with Crippen molar-refractivity contribution in [3.63, 3.8) is 0 Å². The van der Waals surface area contributed by atoms with Gasteiger partial charge in [0.2, 0.25) is 5.91 Å². The van der Waals surface area contributed by atoms with Gasteiger partial charge in [0.05, 0.1) is 0 Å². The molecule has 4 amide bonds. The molecule has 16 heavy (non-hydrogen) atoms. The Hall–Kier alpha value is -1.59. The third-order valence-electron chi connectivity index (χ3n) is 2.73. The second-order valence-electron chi connectivity index (χ2n) is 3.96. The molecule has 6 nitrogen and oxygen atoms in total. The Morgan fingerprint density at radius 3 is 2.50 bits per heavy atom. The van der Waals surface area contributed by atoms with Crippen molar-refractivity contribution >= 4 is 17.8 Å². The first kappa shape index (κ1) is 12.5. The first-order valence-corrected chi connectivity index (χ1v) is 5.35. The Morgan fingerprint density at radius 1 is 1.44 bits per heavy atom. The van der Waals surface area contributed by atoms with Crippen molar-refractivity contribution in [1.82, 2.24) is 15.5 Å². The van der Waals surface area contributed by atoms with E-state index in [4.69, 9.17) is 0 Å². The monoisotopic (exact) mass is 227 g/mol. The van der Waals surface area contributed by atoms with Gasteiger partial charge in [0, 0.05) is 6.54 Å². The number of carbonyl (C=O) groups excluding carboxylic acids is 3. The molecule has 1 atom stereocenters. The highest BCUT2D eigenvalue weighted by molar-refractivity contribution is 6.08. The number of rotatable bonds is 4. The number of urea groups is 1. The summed E-state index contributed by atoms with van der Waals surface area (Å²) >= 11 is 0. The van der Waals surface area contributed by atoms with Crippen LogP contribution in [0.4, 0.5) is 4.79 Å². The van der Waals surface area contributed by atoms with Gasteiger partial charge in [-0.2, -0.15) is 0 Å². The van der Waals surface area contributed by atoms with E-state index in [1.807, 2.05) is 6.92 Å². The average molecular weight is 227 g/mol. The van der Waals surface area contributed by atoms with Crippen molar-refractivity contribution in [3.05, 3.63) is 0 Å². The summed E-state index contributed by atoms with van der Waals surface area (Å²) in [6, 6.07) is -0.499. The summed E-state index contributed by atoms with van der Waals surface area (Å²) in [4.78, 5) is 35.6. The molecule has 90 valence electrons. The van der Waals surface area contributed by atoms with E-state index in [1.54, 1.807) is 13.8 Å². The molecule has 1 rings (SSSR count). The molecule has 0 spiro atoms. The molecule has 0 radical (unpaired) electrons. The molecule has 0 saturated carbocycles. The smallest absolute Gasteiger partial charge is 0.325 e. The van der Waals surface area contributed by atoms with E-state index in [9.17, 15) is 14.4 Å². The maximum absolute atomic E-state index is 11.9. The minimum absolute atomic E-state index is 0.214. The highest BCUT2D eigenvalue weighted by atomic mass is 16.2. The van der Waals surface area contributed by atoms with E-state index >= 15 is 0 Å². The van der Waals surface area contributed by atoms with Crippen molar-refractivity contribution in [1.29, 1.82) is 0 Å². The van der Waals surface area contributed by atoms with Gasteiger partial charge in [-0.1, -0.05) is 6.92 Å². The van der Waals surface area contributed by atoms with Crippen molar-refractivity contribution < 1.29 is 14.4 Å². The largest absolute Gasteiger partial charge is 0.355 e. The summed E-state index contributed by atoms with van der Waals surface area (Å²) in [5.41, 5.74) is -0.871. The van der Waals surface area contributed by atoms with Crippen LogP contribution in [0.2, 0.25) is 0 Å². The lowest BCUT2D eigenvalue weighted by molar-refractivity contribution is -0.134. The summed E-state index contributed by atoms with van der Waals surface area (Å²) in [5.74, 6) is -0.669. The second kappa shape index (κ2) is 4.51. The number of nitrogens with zero attached hydrogens (tertiary/aromatic N) is 1. The number of amides is 4. The fourth-order valence-corrected chi connectivity index (χ4v) is 1.53. The molecule has 0 aromatic rings. The first-order chi connectivity index (χ1) is 7.44. The predicted molar refractivity (Wildman–Crippen MR) is 57.6 cm³/mol. The van der Waals surface area contributed by atoms with Crippen LogP contribution in [0.1, 0.15) is 27.2 Å². The third-order valence-corrected chi connectivity index (χ3v) is 2.73. The Labute approximate surface area is 94.4 Å². The molecular weight excluding hydrogens is 210 g/mol. The van der Waals surface area contributed by atoms with Crippen molar-refractivity contribution in [2.45, 2.75) is 32.7 Å². The molecule has 1 unspecified atom stereocenters.